The molecule has 0 aliphatic rings. The summed E-state index contributed by atoms with van der Waals surface area (Å²) < 4.78 is 0. The van der Waals surface area contributed by atoms with Crippen molar-refractivity contribution in [1.29, 1.82) is 0 Å². The van der Waals surface area contributed by atoms with Crippen LogP contribution in [0.4, 0.5) is 0 Å². The third-order valence-corrected chi connectivity index (χ3v) is 4.75. The fraction of sp³-hybridized carbons (Fsp3) is 0.294. The highest BCUT2D eigenvalue weighted by molar-refractivity contribution is 7.99. The van der Waals surface area contributed by atoms with Gasteiger partial charge in [0.15, 0.2) is 0 Å². The van der Waals surface area contributed by atoms with E-state index in [1.54, 1.807) is 11.8 Å². The number of hydrogen-bond donors (Lipinski definition) is 1. The maximum atomic E-state index is 10.4. The molecule has 2 heteroatoms. The lowest BCUT2D eigenvalue weighted by Crippen LogP contribution is -2.04. The molecule has 1 nitrogen and oxygen atoms in total. The highest BCUT2D eigenvalue weighted by Crippen LogP contribution is 2.29. The molecule has 0 aliphatic carbocycles. The summed E-state index contributed by atoms with van der Waals surface area (Å²) in [6.45, 7) is 6.26. The molecule has 0 saturated carbocycles. The first-order chi connectivity index (χ1) is 9.09. The van der Waals surface area contributed by atoms with Gasteiger partial charge in [-0.05, 0) is 49.1 Å². The molecule has 0 fully saturated rings. The third-order valence-electron chi connectivity index (χ3n) is 3.50. The topological polar surface area (TPSA) is 20.2 Å². The molecule has 0 spiro atoms. The van der Waals surface area contributed by atoms with Crippen LogP contribution in [0.3, 0.4) is 0 Å². The number of thioether (sulfide) groups is 1. The minimum Gasteiger partial charge on any atom is -0.388 e. The number of hydrogen-bond acceptors (Lipinski definition) is 2. The Hall–Kier alpha value is -1.25. The predicted molar refractivity (Wildman–Crippen MR) is 82.8 cm³/mol. The van der Waals surface area contributed by atoms with E-state index in [1.165, 1.54) is 21.6 Å². The van der Waals surface area contributed by atoms with Crippen LogP contribution in [0.15, 0.2) is 47.4 Å². The van der Waals surface area contributed by atoms with Crippen molar-refractivity contribution >= 4 is 11.8 Å². The summed E-state index contributed by atoms with van der Waals surface area (Å²) in [5, 5.41) is 10.4. The number of aliphatic hydroxyl groups excluding tert-OH is 1. The van der Waals surface area contributed by atoms with Crippen molar-refractivity contribution in [1.82, 2.24) is 0 Å². The average Bonchev–Trinajstić information content (AvgIpc) is 2.40. The molecule has 2 rings (SSSR count). The van der Waals surface area contributed by atoms with E-state index in [0.717, 1.165) is 5.56 Å². The molecule has 0 radical (unpaired) electrons. The van der Waals surface area contributed by atoms with Crippen LogP contribution in [0.5, 0.6) is 0 Å². The average molecular weight is 272 g/mol. The summed E-state index contributed by atoms with van der Waals surface area (Å²) in [5.41, 5.74) is 4.74. The minimum absolute atomic E-state index is 0.412. The number of aliphatic hydroxyl groups is 1. The van der Waals surface area contributed by atoms with Gasteiger partial charge in [-0.25, -0.2) is 0 Å². The van der Waals surface area contributed by atoms with Crippen molar-refractivity contribution in [3.63, 3.8) is 0 Å². The first-order valence-corrected chi connectivity index (χ1v) is 7.50. The Bertz CT molecular complexity index is 563. The molecule has 2 aromatic rings. The minimum atomic E-state index is -0.412. The second kappa shape index (κ2) is 6.27. The molecular weight excluding hydrogens is 252 g/mol. The Morgan fingerprint density at radius 3 is 2.37 bits per heavy atom. The molecule has 19 heavy (non-hydrogen) atoms. The van der Waals surface area contributed by atoms with Crippen LogP contribution in [0.1, 0.15) is 28.4 Å². The summed E-state index contributed by atoms with van der Waals surface area (Å²) >= 11 is 1.71. The lowest BCUT2D eigenvalue weighted by molar-refractivity contribution is 0.203. The smallest absolute Gasteiger partial charge is 0.0886 e. The summed E-state index contributed by atoms with van der Waals surface area (Å²) in [5.74, 6) is 0.690. The molecule has 0 aromatic heterocycles. The van der Waals surface area contributed by atoms with Crippen LogP contribution in [0.2, 0.25) is 0 Å². The molecule has 1 unspecified atom stereocenters. The van der Waals surface area contributed by atoms with Gasteiger partial charge < -0.3 is 5.11 Å². The van der Waals surface area contributed by atoms with Crippen LogP contribution >= 0.6 is 11.8 Å². The fourth-order valence-corrected chi connectivity index (χ4v) is 3.10. The molecule has 100 valence electrons. The lowest BCUT2D eigenvalue weighted by Gasteiger charge is -2.15. The highest BCUT2D eigenvalue weighted by atomic mass is 32.2. The van der Waals surface area contributed by atoms with Crippen LogP contribution in [-0.4, -0.2) is 10.9 Å². The van der Waals surface area contributed by atoms with E-state index >= 15 is 0 Å². The van der Waals surface area contributed by atoms with Crippen LogP contribution in [0, 0.1) is 20.8 Å². The Morgan fingerprint density at radius 2 is 1.63 bits per heavy atom. The molecule has 0 amide bonds. The first-order valence-electron chi connectivity index (χ1n) is 6.52. The van der Waals surface area contributed by atoms with Gasteiger partial charge in [0.2, 0.25) is 0 Å². The van der Waals surface area contributed by atoms with Crippen molar-refractivity contribution in [2.45, 2.75) is 31.8 Å². The summed E-state index contributed by atoms with van der Waals surface area (Å²) in [7, 11) is 0. The van der Waals surface area contributed by atoms with Crippen molar-refractivity contribution in [2.24, 2.45) is 0 Å². The monoisotopic (exact) mass is 272 g/mol. The zero-order valence-electron chi connectivity index (χ0n) is 11.7. The second-order valence-electron chi connectivity index (χ2n) is 4.88. The standard InChI is InChI=1S/C17H20OS/c1-12-8-6-9-15(14(12)3)16(18)11-19-17-10-5-4-7-13(17)2/h4-10,16,18H,11H2,1-3H3. The van der Waals surface area contributed by atoms with Gasteiger partial charge in [0, 0.05) is 10.6 Å². The number of aryl methyl sites for hydroxylation is 2. The van der Waals surface area contributed by atoms with Gasteiger partial charge in [0.25, 0.3) is 0 Å². The molecule has 1 atom stereocenters. The normalized spacial score (nSPS) is 12.4. The van der Waals surface area contributed by atoms with Crippen molar-refractivity contribution in [3.8, 4) is 0 Å². The van der Waals surface area contributed by atoms with Crippen LogP contribution < -0.4 is 0 Å². The van der Waals surface area contributed by atoms with Gasteiger partial charge in [0.1, 0.15) is 0 Å². The van der Waals surface area contributed by atoms with E-state index in [9.17, 15) is 5.11 Å². The maximum Gasteiger partial charge on any atom is 0.0886 e. The Morgan fingerprint density at radius 1 is 0.947 bits per heavy atom. The van der Waals surface area contributed by atoms with Gasteiger partial charge in [-0.3, -0.25) is 0 Å². The van der Waals surface area contributed by atoms with E-state index in [-0.39, 0.29) is 0 Å². The summed E-state index contributed by atoms with van der Waals surface area (Å²) in [6, 6.07) is 14.4. The van der Waals surface area contributed by atoms with E-state index in [1.807, 2.05) is 24.3 Å². The van der Waals surface area contributed by atoms with Gasteiger partial charge in [-0.15, -0.1) is 11.8 Å². The SMILES string of the molecule is Cc1ccccc1SCC(O)c1cccc(C)c1C. The molecule has 0 heterocycles. The van der Waals surface area contributed by atoms with E-state index in [0.29, 0.717) is 5.75 Å². The predicted octanol–water partition coefficient (Wildman–Crippen LogP) is 4.44. The van der Waals surface area contributed by atoms with E-state index in [2.05, 4.69) is 39.0 Å². The first kappa shape index (κ1) is 14.2. The molecule has 1 N–H and O–H groups in total. The Balaban J connectivity index is 2.08. The molecular formula is C17H20OS. The molecule has 0 aliphatic heterocycles. The molecule has 0 bridgehead atoms. The summed E-state index contributed by atoms with van der Waals surface area (Å²) in [4.78, 5) is 1.24. The number of benzene rings is 2. The highest BCUT2D eigenvalue weighted by Gasteiger charge is 2.12. The van der Waals surface area contributed by atoms with Crippen LogP contribution in [0.25, 0.3) is 0 Å². The van der Waals surface area contributed by atoms with Gasteiger partial charge in [0.05, 0.1) is 6.10 Å². The Kier molecular flexibility index (Phi) is 4.67. The van der Waals surface area contributed by atoms with E-state index < -0.39 is 6.10 Å². The second-order valence-corrected chi connectivity index (χ2v) is 5.94. The van der Waals surface area contributed by atoms with Crippen molar-refractivity contribution < 1.29 is 5.11 Å². The summed E-state index contributed by atoms with van der Waals surface area (Å²) in [6.07, 6.45) is -0.412. The van der Waals surface area contributed by atoms with Crippen LogP contribution in [-0.2, 0) is 0 Å². The quantitative estimate of drug-likeness (QED) is 0.830. The Labute approximate surface area is 119 Å². The fourth-order valence-electron chi connectivity index (χ4n) is 2.11. The molecule has 2 aromatic carbocycles. The largest absolute Gasteiger partial charge is 0.388 e. The maximum absolute atomic E-state index is 10.4. The zero-order valence-corrected chi connectivity index (χ0v) is 12.5. The zero-order chi connectivity index (χ0) is 13.8. The van der Waals surface area contributed by atoms with E-state index in [4.69, 9.17) is 0 Å². The molecule has 0 saturated heterocycles. The van der Waals surface area contributed by atoms with Gasteiger partial charge in [-0.1, -0.05) is 36.4 Å². The van der Waals surface area contributed by atoms with Crippen molar-refractivity contribution in [3.05, 3.63) is 64.7 Å². The third kappa shape index (κ3) is 3.40. The lowest BCUT2D eigenvalue weighted by atomic mass is 10.0. The van der Waals surface area contributed by atoms with Crippen molar-refractivity contribution in [2.75, 3.05) is 5.75 Å². The number of rotatable bonds is 4. The van der Waals surface area contributed by atoms with Gasteiger partial charge >= 0.3 is 0 Å². The van der Waals surface area contributed by atoms with Gasteiger partial charge in [-0.2, -0.15) is 0 Å².